The van der Waals surface area contributed by atoms with Gasteiger partial charge in [0.25, 0.3) is 0 Å². The Morgan fingerprint density at radius 1 is 1.29 bits per heavy atom. The molecule has 0 spiro atoms. The second-order valence-corrected chi connectivity index (χ2v) is 4.35. The van der Waals surface area contributed by atoms with Crippen molar-refractivity contribution in [1.29, 1.82) is 0 Å². The van der Waals surface area contributed by atoms with Crippen LogP contribution in [0.3, 0.4) is 0 Å². The van der Waals surface area contributed by atoms with Crippen LogP contribution in [-0.2, 0) is 5.41 Å². The van der Waals surface area contributed by atoms with Crippen LogP contribution in [0.5, 0.6) is 5.75 Å². The van der Waals surface area contributed by atoms with Gasteiger partial charge in [-0.3, -0.25) is 0 Å². The zero-order valence-corrected chi connectivity index (χ0v) is 9.21. The Morgan fingerprint density at radius 2 is 1.93 bits per heavy atom. The normalized spacial score (nSPS) is 11.0. The number of hydrogen-bond acceptors (Lipinski definition) is 1. The fourth-order valence-electron chi connectivity index (χ4n) is 1.36. The van der Waals surface area contributed by atoms with Crippen molar-refractivity contribution in [1.82, 2.24) is 0 Å². The van der Waals surface area contributed by atoms with Gasteiger partial charge in [0.15, 0.2) is 0 Å². The topological polar surface area (TPSA) is 9.23 Å². The molecule has 0 bridgehead atoms. The molecule has 14 heavy (non-hydrogen) atoms. The van der Waals surface area contributed by atoms with Gasteiger partial charge in [0.05, 0.1) is 0 Å². The van der Waals surface area contributed by atoms with Crippen molar-refractivity contribution in [2.24, 2.45) is 0 Å². The van der Waals surface area contributed by atoms with E-state index in [0.717, 1.165) is 5.75 Å². The molecule has 0 radical (unpaired) electrons. The van der Waals surface area contributed by atoms with Crippen molar-refractivity contribution in [2.75, 3.05) is 6.61 Å². The fourth-order valence-corrected chi connectivity index (χ4v) is 1.36. The molecule has 0 heterocycles. The van der Waals surface area contributed by atoms with Gasteiger partial charge < -0.3 is 0 Å². The van der Waals surface area contributed by atoms with Crippen molar-refractivity contribution < 1.29 is 4.74 Å². The van der Waals surface area contributed by atoms with Crippen LogP contribution in [0.1, 0.15) is 26.3 Å². The third-order valence-electron chi connectivity index (χ3n) is 2.05. The Bertz CT molecular complexity index is 312. The van der Waals surface area contributed by atoms with E-state index in [1.807, 2.05) is 18.2 Å². The summed E-state index contributed by atoms with van der Waals surface area (Å²) in [5.41, 5.74) is 1.36. The SMILES string of the molecule is B=CCOc1ccccc1C(C)(C)C. The molecule has 2 heteroatoms. The number of benzene rings is 1. The van der Waals surface area contributed by atoms with Crippen molar-refractivity contribution in [3.8, 4) is 5.75 Å². The monoisotopic (exact) mass is 188 g/mol. The summed E-state index contributed by atoms with van der Waals surface area (Å²) < 4.78 is 5.59. The van der Waals surface area contributed by atoms with Gasteiger partial charge in [-0.05, 0) is 0 Å². The third kappa shape index (κ3) is 2.73. The minimum atomic E-state index is 0.123. The van der Waals surface area contributed by atoms with Gasteiger partial charge in [-0.25, -0.2) is 0 Å². The maximum atomic E-state index is 5.59. The molecule has 0 saturated heterocycles. The van der Waals surface area contributed by atoms with Crippen LogP contribution in [0.25, 0.3) is 0 Å². The predicted molar refractivity (Wildman–Crippen MR) is 63.9 cm³/mol. The maximum absolute atomic E-state index is 5.59. The Morgan fingerprint density at radius 3 is 2.50 bits per heavy atom. The van der Waals surface area contributed by atoms with Crippen LogP contribution in [0.4, 0.5) is 0 Å². The van der Waals surface area contributed by atoms with Crippen LogP contribution in [0, 0.1) is 0 Å². The molecule has 0 aliphatic carbocycles. The molecule has 0 aromatic heterocycles. The number of hydrogen-bond donors (Lipinski definition) is 0. The predicted octanol–water partition coefficient (Wildman–Crippen LogP) is 2.07. The second-order valence-electron chi connectivity index (χ2n) is 4.35. The van der Waals surface area contributed by atoms with Gasteiger partial charge in [-0.2, -0.15) is 0 Å². The molecule has 0 atom stereocenters. The number of rotatable bonds is 3. The van der Waals surface area contributed by atoms with E-state index >= 15 is 0 Å². The molecular weight excluding hydrogens is 171 g/mol. The van der Waals surface area contributed by atoms with Crippen LogP contribution in [-0.4, -0.2) is 20.1 Å². The fraction of sp³-hybridized carbons (Fsp3) is 0.417. The molecule has 0 N–H and O–H groups in total. The summed E-state index contributed by atoms with van der Waals surface area (Å²) >= 11 is 0. The van der Waals surface area contributed by atoms with E-state index in [-0.39, 0.29) is 5.41 Å². The van der Waals surface area contributed by atoms with Gasteiger partial charge in [-0.15, -0.1) is 0 Å². The molecule has 0 aliphatic heterocycles. The van der Waals surface area contributed by atoms with Crippen LogP contribution in [0.15, 0.2) is 24.3 Å². The molecule has 0 fully saturated rings. The Hall–Kier alpha value is -1.05. The summed E-state index contributed by atoms with van der Waals surface area (Å²) in [5, 5.41) is 0. The van der Waals surface area contributed by atoms with Crippen LogP contribution >= 0.6 is 0 Å². The minimum absolute atomic E-state index is 0.123. The Labute approximate surface area is 87.2 Å². The van der Waals surface area contributed by atoms with Crippen LogP contribution < -0.4 is 4.74 Å². The molecule has 1 rings (SSSR count). The summed E-state index contributed by atoms with van der Waals surface area (Å²) in [6.07, 6.45) is 0. The zero-order chi connectivity index (χ0) is 10.6. The summed E-state index contributed by atoms with van der Waals surface area (Å²) in [4.78, 5) is 0. The van der Waals surface area contributed by atoms with Crippen molar-refractivity contribution >= 4 is 13.5 Å². The summed E-state index contributed by atoms with van der Waals surface area (Å²) in [7, 11) is 3.64. The van der Waals surface area contributed by atoms with E-state index in [4.69, 9.17) is 4.74 Å². The summed E-state index contributed by atoms with van der Waals surface area (Å²) in [6.45, 7) is 7.11. The summed E-state index contributed by atoms with van der Waals surface area (Å²) in [6, 6.07) is 8.15. The third-order valence-corrected chi connectivity index (χ3v) is 2.05. The first-order chi connectivity index (χ1) is 6.55. The van der Waals surface area contributed by atoms with E-state index in [9.17, 15) is 0 Å². The molecule has 0 aliphatic rings. The van der Waals surface area contributed by atoms with E-state index in [0.29, 0.717) is 6.61 Å². The number of ether oxygens (including phenoxy) is 1. The zero-order valence-electron chi connectivity index (χ0n) is 9.21. The van der Waals surface area contributed by atoms with E-state index < -0.39 is 0 Å². The number of para-hydroxylation sites is 1. The Balaban J connectivity index is 2.97. The van der Waals surface area contributed by atoms with E-state index in [1.165, 1.54) is 5.56 Å². The molecule has 0 amide bonds. The standard InChI is InChI=1S/C12H17BO/c1-12(2,3)10-6-4-5-7-11(10)14-9-8-13/h4-8,13H,9H2,1-3H3. The van der Waals surface area contributed by atoms with Crippen molar-refractivity contribution in [3.05, 3.63) is 29.8 Å². The summed E-state index contributed by atoms with van der Waals surface area (Å²) in [5.74, 6) is 2.72. The average Bonchev–Trinajstić information content (AvgIpc) is 2.14. The van der Waals surface area contributed by atoms with E-state index in [1.54, 1.807) is 5.97 Å². The molecular formula is C12H17BO. The molecule has 1 aromatic rings. The van der Waals surface area contributed by atoms with Crippen LogP contribution in [0.2, 0.25) is 0 Å². The molecule has 74 valence electrons. The van der Waals surface area contributed by atoms with Gasteiger partial charge in [0.2, 0.25) is 0 Å². The first kappa shape index (κ1) is 11.0. The molecule has 0 unspecified atom stereocenters. The second kappa shape index (κ2) is 4.45. The quantitative estimate of drug-likeness (QED) is 0.659. The molecule has 0 saturated carbocycles. The first-order valence-corrected chi connectivity index (χ1v) is 4.89. The van der Waals surface area contributed by atoms with Crippen molar-refractivity contribution in [2.45, 2.75) is 26.2 Å². The Kier molecular flexibility index (Phi) is 3.51. The average molecular weight is 188 g/mol. The molecule has 1 nitrogen and oxygen atoms in total. The first-order valence-electron chi connectivity index (χ1n) is 4.89. The van der Waals surface area contributed by atoms with Gasteiger partial charge in [0.1, 0.15) is 0 Å². The van der Waals surface area contributed by atoms with Gasteiger partial charge >= 0.3 is 86.6 Å². The van der Waals surface area contributed by atoms with E-state index in [2.05, 4.69) is 34.3 Å². The van der Waals surface area contributed by atoms with Gasteiger partial charge in [-0.1, -0.05) is 0 Å². The van der Waals surface area contributed by atoms with Crippen molar-refractivity contribution in [3.63, 3.8) is 0 Å². The van der Waals surface area contributed by atoms with Gasteiger partial charge in [0, 0.05) is 0 Å². The molecule has 1 aromatic carbocycles.